The highest BCUT2D eigenvalue weighted by Crippen LogP contribution is 2.34. The maximum Gasteiger partial charge on any atom is 0.267 e. The summed E-state index contributed by atoms with van der Waals surface area (Å²) in [7, 11) is 0. The van der Waals surface area contributed by atoms with Crippen molar-refractivity contribution in [3.8, 4) is 0 Å². The molecule has 3 aliphatic heterocycles. The zero-order valence-electron chi connectivity index (χ0n) is 16.5. The lowest BCUT2D eigenvalue weighted by molar-refractivity contribution is -0.123. The number of anilines is 1. The largest absolute Gasteiger partial charge is 0.376 e. The van der Waals surface area contributed by atoms with Gasteiger partial charge in [0.1, 0.15) is 15.8 Å². The van der Waals surface area contributed by atoms with Gasteiger partial charge in [-0.25, -0.2) is 4.98 Å². The summed E-state index contributed by atoms with van der Waals surface area (Å²) in [4.78, 5) is 35.3. The average molecular weight is 443 g/mol. The Kier molecular flexibility index (Phi) is 5.34. The van der Waals surface area contributed by atoms with Crippen molar-refractivity contribution in [2.45, 2.75) is 31.8 Å². The van der Waals surface area contributed by atoms with Gasteiger partial charge in [0.05, 0.1) is 23.1 Å². The number of hydrogen-bond donors (Lipinski definition) is 0. The highest BCUT2D eigenvalue weighted by Gasteiger charge is 2.35. The first-order chi connectivity index (χ1) is 14.6. The Labute approximate surface area is 183 Å². The van der Waals surface area contributed by atoms with Gasteiger partial charge in [-0.2, -0.15) is 0 Å². The monoisotopic (exact) mass is 442 g/mol. The van der Waals surface area contributed by atoms with E-state index in [2.05, 4.69) is 4.90 Å². The second-order valence-corrected chi connectivity index (χ2v) is 9.38. The van der Waals surface area contributed by atoms with Crippen LogP contribution < -0.4 is 10.5 Å². The molecule has 1 amide bonds. The number of amides is 1. The van der Waals surface area contributed by atoms with Gasteiger partial charge < -0.3 is 9.64 Å². The fourth-order valence-electron chi connectivity index (χ4n) is 4.17. The molecule has 0 spiro atoms. The lowest BCUT2D eigenvalue weighted by Gasteiger charge is -2.19. The molecule has 30 heavy (non-hydrogen) atoms. The van der Waals surface area contributed by atoms with Gasteiger partial charge in [-0.15, -0.1) is 0 Å². The molecule has 0 radical (unpaired) electrons. The molecule has 1 atom stereocenters. The molecule has 5 heterocycles. The molecule has 2 aromatic heterocycles. The third kappa shape index (κ3) is 3.55. The van der Waals surface area contributed by atoms with E-state index in [1.807, 2.05) is 12.1 Å². The number of fused-ring (bicyclic) bond motifs is 1. The van der Waals surface area contributed by atoms with E-state index in [9.17, 15) is 9.59 Å². The molecule has 3 fully saturated rings. The summed E-state index contributed by atoms with van der Waals surface area (Å²) < 4.78 is 7.71. The summed E-state index contributed by atoms with van der Waals surface area (Å²) in [5, 5.41) is 0. The summed E-state index contributed by atoms with van der Waals surface area (Å²) in [5.41, 5.74) is 0.873. The molecule has 2 aromatic rings. The maximum atomic E-state index is 13.3. The van der Waals surface area contributed by atoms with Crippen molar-refractivity contribution in [3.63, 3.8) is 0 Å². The number of carbonyl (C=O) groups excluding carboxylic acids is 1. The van der Waals surface area contributed by atoms with Gasteiger partial charge in [0.25, 0.3) is 11.5 Å². The minimum Gasteiger partial charge on any atom is -0.376 e. The topological polar surface area (TPSA) is 67.2 Å². The Morgan fingerprint density at radius 3 is 2.83 bits per heavy atom. The zero-order chi connectivity index (χ0) is 20.7. The van der Waals surface area contributed by atoms with E-state index in [1.165, 1.54) is 16.2 Å². The number of ether oxygens (including phenoxy) is 1. The number of carbonyl (C=O) groups is 1. The number of thioether (sulfide) groups is 1. The predicted molar refractivity (Wildman–Crippen MR) is 122 cm³/mol. The van der Waals surface area contributed by atoms with E-state index in [1.54, 1.807) is 23.2 Å². The Morgan fingerprint density at radius 1 is 1.23 bits per heavy atom. The van der Waals surface area contributed by atoms with E-state index < -0.39 is 0 Å². The van der Waals surface area contributed by atoms with Gasteiger partial charge in [0.2, 0.25) is 0 Å². The first-order valence-corrected chi connectivity index (χ1v) is 11.5. The zero-order valence-corrected chi connectivity index (χ0v) is 18.1. The van der Waals surface area contributed by atoms with Crippen LogP contribution in [0.5, 0.6) is 0 Å². The van der Waals surface area contributed by atoms with Crippen molar-refractivity contribution >= 4 is 51.7 Å². The molecular formula is C21H22N4O3S2. The number of aromatic nitrogens is 2. The molecular weight excluding hydrogens is 420 g/mol. The highest BCUT2D eigenvalue weighted by molar-refractivity contribution is 8.26. The van der Waals surface area contributed by atoms with Crippen LogP contribution in [0.15, 0.2) is 34.1 Å². The number of hydrogen-bond acceptors (Lipinski definition) is 7. The van der Waals surface area contributed by atoms with Crippen LogP contribution >= 0.6 is 24.0 Å². The predicted octanol–water partition coefficient (Wildman–Crippen LogP) is 2.67. The molecule has 0 aromatic carbocycles. The molecule has 156 valence electrons. The molecule has 7 nitrogen and oxygen atoms in total. The van der Waals surface area contributed by atoms with Crippen molar-refractivity contribution in [2.75, 3.05) is 31.1 Å². The molecule has 5 rings (SSSR count). The standard InChI is InChI=1S/C21H22N4O3S2/c26-19-15(12-16-20(27)25(21(29)30-16)13-14-6-5-11-28-14)18(23-8-3-4-9-23)22-17-7-1-2-10-24(17)19/h1-2,7,10,12,14H,3-6,8-9,11,13H2/b16-12+. The van der Waals surface area contributed by atoms with Crippen molar-refractivity contribution in [3.05, 3.63) is 45.2 Å². The number of nitrogens with zero attached hydrogens (tertiary/aromatic N) is 4. The lowest BCUT2D eigenvalue weighted by Crippen LogP contribution is -2.35. The molecule has 0 N–H and O–H groups in total. The van der Waals surface area contributed by atoms with Crippen molar-refractivity contribution in [1.82, 2.24) is 14.3 Å². The van der Waals surface area contributed by atoms with Crippen LogP contribution in [0.4, 0.5) is 5.82 Å². The number of rotatable bonds is 4. The highest BCUT2D eigenvalue weighted by atomic mass is 32.2. The van der Waals surface area contributed by atoms with Crippen LogP contribution in [0.25, 0.3) is 11.7 Å². The molecule has 0 bridgehead atoms. The Hall–Kier alpha value is -2.23. The quantitative estimate of drug-likeness (QED) is 0.533. The Morgan fingerprint density at radius 2 is 2.07 bits per heavy atom. The minimum absolute atomic E-state index is 0.0278. The van der Waals surface area contributed by atoms with E-state index in [-0.39, 0.29) is 17.6 Å². The van der Waals surface area contributed by atoms with E-state index in [4.69, 9.17) is 21.9 Å². The number of thiocarbonyl (C=S) groups is 1. The van der Waals surface area contributed by atoms with Crippen LogP contribution in [-0.4, -0.2) is 56.9 Å². The van der Waals surface area contributed by atoms with Crippen LogP contribution in [0, 0.1) is 0 Å². The SMILES string of the molecule is O=C1/C(=C\c2c(N3CCCC3)nc3ccccn3c2=O)SC(=S)N1CC1CCCO1. The molecule has 3 aliphatic rings. The minimum atomic E-state index is -0.174. The molecule has 9 heteroatoms. The smallest absolute Gasteiger partial charge is 0.267 e. The Bertz CT molecular complexity index is 1100. The third-order valence-electron chi connectivity index (χ3n) is 5.71. The second kappa shape index (κ2) is 8.13. The lowest BCUT2D eigenvalue weighted by atomic mass is 10.2. The van der Waals surface area contributed by atoms with Crippen LogP contribution in [-0.2, 0) is 9.53 Å². The van der Waals surface area contributed by atoms with E-state index in [0.717, 1.165) is 45.4 Å². The molecule has 3 saturated heterocycles. The first kappa shape index (κ1) is 19.7. The summed E-state index contributed by atoms with van der Waals surface area (Å²) in [6.45, 7) is 2.91. The summed E-state index contributed by atoms with van der Waals surface area (Å²) in [6, 6.07) is 5.49. The number of pyridine rings is 1. The Balaban J connectivity index is 1.55. The van der Waals surface area contributed by atoms with Gasteiger partial charge in [-0.05, 0) is 43.9 Å². The van der Waals surface area contributed by atoms with Crippen molar-refractivity contribution in [2.24, 2.45) is 0 Å². The van der Waals surface area contributed by atoms with Crippen LogP contribution in [0.3, 0.4) is 0 Å². The summed E-state index contributed by atoms with van der Waals surface area (Å²) >= 11 is 6.70. The van der Waals surface area contributed by atoms with E-state index in [0.29, 0.717) is 32.8 Å². The van der Waals surface area contributed by atoms with Crippen LogP contribution in [0.2, 0.25) is 0 Å². The van der Waals surface area contributed by atoms with Crippen LogP contribution in [0.1, 0.15) is 31.2 Å². The average Bonchev–Trinajstić information content (AvgIpc) is 3.50. The fraction of sp³-hybridized carbons (Fsp3) is 0.429. The molecule has 1 unspecified atom stereocenters. The third-order valence-corrected chi connectivity index (χ3v) is 7.09. The summed E-state index contributed by atoms with van der Waals surface area (Å²) in [6.07, 6.45) is 7.49. The molecule has 0 saturated carbocycles. The molecule has 0 aliphatic carbocycles. The summed E-state index contributed by atoms with van der Waals surface area (Å²) in [5.74, 6) is 0.485. The van der Waals surface area contributed by atoms with Gasteiger partial charge >= 0.3 is 0 Å². The fourth-order valence-corrected chi connectivity index (χ4v) is 5.42. The first-order valence-electron chi connectivity index (χ1n) is 10.2. The maximum absolute atomic E-state index is 13.3. The van der Waals surface area contributed by atoms with Gasteiger partial charge in [-0.3, -0.25) is 18.9 Å². The van der Waals surface area contributed by atoms with Gasteiger partial charge in [-0.1, -0.05) is 30.0 Å². The normalized spacial score (nSPS) is 23.5. The van der Waals surface area contributed by atoms with Crippen molar-refractivity contribution in [1.29, 1.82) is 0 Å². The van der Waals surface area contributed by atoms with Gasteiger partial charge in [0, 0.05) is 25.9 Å². The van der Waals surface area contributed by atoms with Crippen molar-refractivity contribution < 1.29 is 9.53 Å². The second-order valence-electron chi connectivity index (χ2n) is 7.70. The van der Waals surface area contributed by atoms with Gasteiger partial charge in [0.15, 0.2) is 0 Å². The van der Waals surface area contributed by atoms with E-state index >= 15 is 0 Å².